The molecule has 0 amide bonds. The lowest BCUT2D eigenvalue weighted by Crippen LogP contribution is -2.28. The van der Waals surface area contributed by atoms with E-state index in [0.29, 0.717) is 12.1 Å². The van der Waals surface area contributed by atoms with E-state index in [9.17, 15) is 35.2 Å². The summed E-state index contributed by atoms with van der Waals surface area (Å²) in [6, 6.07) is 1.28. The summed E-state index contributed by atoms with van der Waals surface area (Å²) >= 11 is 0. The average molecular weight is 390 g/mol. The van der Waals surface area contributed by atoms with Crippen molar-refractivity contribution in [3.63, 3.8) is 0 Å². The number of rotatable bonds is 7. The third kappa shape index (κ3) is 5.28. The summed E-state index contributed by atoms with van der Waals surface area (Å²) in [6.45, 7) is 3.24. The highest BCUT2D eigenvalue weighted by Crippen LogP contribution is 2.33. The second-order valence-corrected chi connectivity index (χ2v) is 6.45. The van der Waals surface area contributed by atoms with Gasteiger partial charge in [0.2, 0.25) is 5.82 Å². The number of benzene rings is 1. The predicted molar refractivity (Wildman–Crippen MR) is 76.2 cm³/mol. The maximum absolute atomic E-state index is 13.6. The number of ether oxygens (including phenoxy) is 1. The van der Waals surface area contributed by atoms with E-state index >= 15 is 0 Å². The zero-order valence-corrected chi connectivity index (χ0v) is 14.0. The van der Waals surface area contributed by atoms with E-state index in [2.05, 4.69) is 4.18 Å². The van der Waals surface area contributed by atoms with Crippen LogP contribution < -0.4 is 4.18 Å². The zero-order valence-electron chi connectivity index (χ0n) is 13.2. The molecule has 0 aromatic heterocycles. The molecule has 5 nitrogen and oxygen atoms in total. The van der Waals surface area contributed by atoms with Crippen molar-refractivity contribution in [2.75, 3.05) is 6.61 Å². The van der Waals surface area contributed by atoms with Crippen LogP contribution in [0.25, 0.3) is 0 Å². The van der Waals surface area contributed by atoms with Crippen molar-refractivity contribution in [1.82, 2.24) is 0 Å². The molecule has 0 radical (unpaired) electrons. The molecule has 0 bridgehead atoms. The number of carbonyl (C=O) groups excluding carboxylic acids is 1. The minimum Gasteiger partial charge on any atom is -0.466 e. The van der Waals surface area contributed by atoms with Crippen LogP contribution in [0.3, 0.4) is 0 Å². The second kappa shape index (κ2) is 7.98. The molecule has 0 heterocycles. The second-order valence-electron chi connectivity index (χ2n) is 4.91. The third-order valence-corrected chi connectivity index (χ3v) is 4.15. The Morgan fingerprint density at radius 1 is 1.20 bits per heavy atom. The summed E-state index contributed by atoms with van der Waals surface area (Å²) in [5.74, 6) is -6.31. The SMILES string of the molecule is CCOC(=O)CC(CC)c1cc(F)c(F)c(OS(=O)(=O)C(F)(F)F)c1. The molecule has 11 heteroatoms. The van der Waals surface area contributed by atoms with Gasteiger partial charge in [-0.05, 0) is 37.0 Å². The first kappa shape index (κ1) is 21.1. The smallest absolute Gasteiger partial charge is 0.466 e. The normalized spacial score (nSPS) is 13.4. The lowest BCUT2D eigenvalue weighted by atomic mass is 9.93. The van der Waals surface area contributed by atoms with Crippen molar-refractivity contribution < 1.29 is 44.1 Å². The number of carbonyl (C=O) groups is 1. The largest absolute Gasteiger partial charge is 0.534 e. The maximum atomic E-state index is 13.6. The standard InChI is InChI=1S/C14H15F5O5S/c1-3-8(7-12(20)23-4-2)9-5-10(15)13(16)11(6-9)24-25(21,22)14(17,18)19/h5-6,8H,3-4,7H2,1-2H3. The summed E-state index contributed by atoms with van der Waals surface area (Å²) in [5, 5.41) is 0. The van der Waals surface area contributed by atoms with Crippen LogP contribution in [-0.4, -0.2) is 26.5 Å². The zero-order chi connectivity index (χ0) is 19.4. The Bertz CT molecular complexity index is 730. The Morgan fingerprint density at radius 3 is 2.28 bits per heavy atom. The van der Waals surface area contributed by atoms with Gasteiger partial charge < -0.3 is 8.92 Å². The molecule has 1 unspecified atom stereocenters. The monoisotopic (exact) mass is 390 g/mol. The maximum Gasteiger partial charge on any atom is 0.534 e. The van der Waals surface area contributed by atoms with Crippen LogP contribution in [0.2, 0.25) is 0 Å². The molecule has 0 fully saturated rings. The number of hydrogen-bond acceptors (Lipinski definition) is 5. The minimum absolute atomic E-state index is 0.0885. The topological polar surface area (TPSA) is 69.7 Å². The molecule has 0 spiro atoms. The first-order valence-corrected chi connectivity index (χ1v) is 8.49. The summed E-state index contributed by atoms with van der Waals surface area (Å²) < 4.78 is 94.7. The average Bonchev–Trinajstić information content (AvgIpc) is 2.48. The van der Waals surface area contributed by atoms with E-state index in [-0.39, 0.29) is 25.0 Å². The molecule has 0 aliphatic carbocycles. The van der Waals surface area contributed by atoms with Crippen LogP contribution in [0.1, 0.15) is 38.2 Å². The fourth-order valence-electron chi connectivity index (χ4n) is 1.96. The van der Waals surface area contributed by atoms with Crippen LogP contribution in [-0.2, 0) is 19.6 Å². The molecule has 0 saturated carbocycles. The van der Waals surface area contributed by atoms with Gasteiger partial charge in [0, 0.05) is 0 Å². The molecule has 0 aliphatic heterocycles. The van der Waals surface area contributed by atoms with Gasteiger partial charge in [0.05, 0.1) is 13.0 Å². The van der Waals surface area contributed by atoms with Gasteiger partial charge in [0.1, 0.15) is 0 Å². The quantitative estimate of drug-likeness (QED) is 0.308. The van der Waals surface area contributed by atoms with Crippen molar-refractivity contribution in [3.8, 4) is 5.75 Å². The number of esters is 1. The minimum atomic E-state index is -6.17. The summed E-state index contributed by atoms with van der Waals surface area (Å²) in [5.41, 5.74) is -5.90. The van der Waals surface area contributed by atoms with Crippen molar-refractivity contribution >= 4 is 16.1 Å². The molecule has 1 atom stereocenters. The van der Waals surface area contributed by atoms with Gasteiger partial charge >= 0.3 is 21.6 Å². The molecule has 142 valence electrons. The van der Waals surface area contributed by atoms with Crippen LogP contribution in [0.5, 0.6) is 5.75 Å². The number of hydrogen-bond donors (Lipinski definition) is 0. The van der Waals surface area contributed by atoms with Gasteiger partial charge in [-0.25, -0.2) is 4.39 Å². The summed E-state index contributed by atoms with van der Waals surface area (Å²) in [4.78, 5) is 11.5. The molecular weight excluding hydrogens is 375 g/mol. The van der Waals surface area contributed by atoms with Crippen LogP contribution in [0.4, 0.5) is 22.0 Å². The van der Waals surface area contributed by atoms with E-state index in [1.807, 2.05) is 0 Å². The first-order chi connectivity index (χ1) is 11.4. The van der Waals surface area contributed by atoms with E-state index < -0.39 is 44.9 Å². The highest BCUT2D eigenvalue weighted by Gasteiger charge is 2.49. The molecular formula is C14H15F5O5S. The Morgan fingerprint density at radius 2 is 1.80 bits per heavy atom. The lowest BCUT2D eigenvalue weighted by Gasteiger charge is -2.17. The Hall–Kier alpha value is -1.91. The van der Waals surface area contributed by atoms with Gasteiger partial charge in [-0.15, -0.1) is 0 Å². The molecule has 0 saturated heterocycles. The van der Waals surface area contributed by atoms with E-state index in [1.165, 1.54) is 0 Å². The molecule has 1 rings (SSSR count). The fourth-order valence-corrected chi connectivity index (χ4v) is 2.42. The summed E-state index contributed by atoms with van der Waals surface area (Å²) in [7, 11) is -6.17. The van der Waals surface area contributed by atoms with Gasteiger partial charge in [0.25, 0.3) is 0 Å². The highest BCUT2D eigenvalue weighted by molar-refractivity contribution is 7.88. The summed E-state index contributed by atoms with van der Waals surface area (Å²) in [6.07, 6.45) is -0.0176. The Labute approximate surface area is 140 Å². The van der Waals surface area contributed by atoms with E-state index in [1.54, 1.807) is 13.8 Å². The van der Waals surface area contributed by atoms with Crippen LogP contribution >= 0.6 is 0 Å². The third-order valence-electron chi connectivity index (χ3n) is 3.18. The molecule has 0 aliphatic rings. The Kier molecular flexibility index (Phi) is 6.75. The van der Waals surface area contributed by atoms with Crippen LogP contribution in [0.15, 0.2) is 12.1 Å². The first-order valence-electron chi connectivity index (χ1n) is 7.08. The van der Waals surface area contributed by atoms with Crippen molar-refractivity contribution in [2.45, 2.75) is 38.1 Å². The fraction of sp³-hybridized carbons (Fsp3) is 0.500. The van der Waals surface area contributed by atoms with E-state index in [4.69, 9.17) is 4.74 Å². The van der Waals surface area contributed by atoms with Gasteiger partial charge in [-0.2, -0.15) is 26.0 Å². The van der Waals surface area contributed by atoms with Crippen molar-refractivity contribution in [2.24, 2.45) is 0 Å². The predicted octanol–water partition coefficient (Wildman–Crippen LogP) is 3.64. The molecule has 1 aromatic carbocycles. The van der Waals surface area contributed by atoms with Crippen molar-refractivity contribution in [3.05, 3.63) is 29.3 Å². The number of halogens is 5. The lowest BCUT2D eigenvalue weighted by molar-refractivity contribution is -0.143. The number of alkyl halides is 3. The molecule has 1 aromatic rings. The molecule has 0 N–H and O–H groups in total. The van der Waals surface area contributed by atoms with Crippen molar-refractivity contribution in [1.29, 1.82) is 0 Å². The van der Waals surface area contributed by atoms with E-state index in [0.717, 1.165) is 0 Å². The van der Waals surface area contributed by atoms with Gasteiger partial charge in [0.15, 0.2) is 11.6 Å². The molecule has 25 heavy (non-hydrogen) atoms. The van der Waals surface area contributed by atoms with Crippen LogP contribution in [0, 0.1) is 11.6 Å². The van der Waals surface area contributed by atoms with Gasteiger partial charge in [-0.1, -0.05) is 6.92 Å². The Balaban J connectivity index is 3.24. The van der Waals surface area contributed by atoms with Gasteiger partial charge in [-0.3, -0.25) is 4.79 Å². The highest BCUT2D eigenvalue weighted by atomic mass is 32.2.